The van der Waals surface area contributed by atoms with Crippen LogP contribution in [0.15, 0.2) is 67.1 Å². The maximum absolute atomic E-state index is 14.8. The fourth-order valence-electron chi connectivity index (χ4n) is 6.02. The van der Waals surface area contributed by atoms with Gasteiger partial charge in [-0.25, -0.2) is 0 Å². The molecule has 194 valence electrons. The number of rotatable bonds is 6. The molecule has 2 amide bonds. The Morgan fingerprint density at radius 2 is 1.87 bits per heavy atom. The first kappa shape index (κ1) is 24.2. The van der Waals surface area contributed by atoms with E-state index in [4.69, 9.17) is 0 Å². The number of fused-ring (bicyclic) bond motifs is 3. The molecule has 4 heterocycles. The standard InChI is InChI=1S/C29H31N7O2/c1-19(2)31-13-21-15-36(26-14-30-12-20-8-4-5-9-23(20)26)28(38)29(21)18-35(17-22-16-34(3)33-32-22)27(37)24-10-6-7-11-25(24)29/h4-12,14,16,19,21,31H,13,15,17-18H2,1-3H3. The van der Waals surface area contributed by atoms with E-state index in [1.807, 2.05) is 65.8 Å². The van der Waals surface area contributed by atoms with E-state index in [1.54, 1.807) is 22.8 Å². The third kappa shape index (κ3) is 3.85. The fraction of sp³-hybridized carbons (Fsp3) is 0.345. The number of nitrogens with zero attached hydrogens (tertiary/aromatic N) is 6. The summed E-state index contributed by atoms with van der Waals surface area (Å²) in [4.78, 5) is 36.6. The summed E-state index contributed by atoms with van der Waals surface area (Å²) in [5.41, 5.74) is 1.95. The largest absolute Gasteiger partial charge is 0.331 e. The van der Waals surface area contributed by atoms with E-state index in [1.165, 1.54) is 0 Å². The third-order valence-electron chi connectivity index (χ3n) is 7.81. The van der Waals surface area contributed by atoms with Crippen molar-refractivity contribution >= 4 is 28.3 Å². The summed E-state index contributed by atoms with van der Waals surface area (Å²) in [6.45, 7) is 5.94. The van der Waals surface area contributed by atoms with Gasteiger partial charge in [-0.1, -0.05) is 61.5 Å². The Kier molecular flexibility index (Phi) is 5.95. The molecule has 2 aromatic carbocycles. The van der Waals surface area contributed by atoms with Crippen LogP contribution in [-0.2, 0) is 23.8 Å². The van der Waals surface area contributed by atoms with Gasteiger partial charge in [0.2, 0.25) is 5.91 Å². The third-order valence-corrected chi connectivity index (χ3v) is 7.81. The molecule has 2 aliphatic rings. The van der Waals surface area contributed by atoms with Crippen LogP contribution < -0.4 is 10.2 Å². The fourth-order valence-corrected chi connectivity index (χ4v) is 6.02. The van der Waals surface area contributed by atoms with Crippen molar-refractivity contribution in [2.24, 2.45) is 13.0 Å². The molecule has 0 radical (unpaired) electrons. The van der Waals surface area contributed by atoms with Crippen LogP contribution in [0.4, 0.5) is 5.69 Å². The number of aryl methyl sites for hydroxylation is 1. The van der Waals surface area contributed by atoms with Crippen LogP contribution in [0.1, 0.15) is 35.5 Å². The quantitative estimate of drug-likeness (QED) is 0.429. The Hall–Kier alpha value is -4.11. The smallest absolute Gasteiger partial charge is 0.254 e. The first-order valence-electron chi connectivity index (χ1n) is 13.0. The maximum atomic E-state index is 14.8. The minimum Gasteiger partial charge on any atom is -0.331 e. The minimum atomic E-state index is -0.911. The lowest BCUT2D eigenvalue weighted by Crippen LogP contribution is -2.57. The van der Waals surface area contributed by atoms with Crippen molar-refractivity contribution in [3.05, 3.63) is 83.9 Å². The molecular weight excluding hydrogens is 478 g/mol. The van der Waals surface area contributed by atoms with E-state index in [2.05, 4.69) is 34.5 Å². The molecule has 0 saturated carbocycles. The van der Waals surface area contributed by atoms with Crippen LogP contribution in [0.5, 0.6) is 0 Å². The number of pyridine rings is 1. The average Bonchev–Trinajstić information content (AvgIpc) is 3.46. The van der Waals surface area contributed by atoms with E-state index in [-0.39, 0.29) is 36.9 Å². The van der Waals surface area contributed by atoms with Crippen LogP contribution in [0.3, 0.4) is 0 Å². The molecule has 9 nitrogen and oxygen atoms in total. The molecule has 2 atom stereocenters. The van der Waals surface area contributed by atoms with E-state index in [9.17, 15) is 9.59 Å². The van der Waals surface area contributed by atoms with Gasteiger partial charge in [-0.15, -0.1) is 5.10 Å². The summed E-state index contributed by atoms with van der Waals surface area (Å²) in [5.74, 6) is -0.171. The number of carbonyl (C=O) groups is 2. The number of anilines is 1. The predicted molar refractivity (Wildman–Crippen MR) is 145 cm³/mol. The van der Waals surface area contributed by atoms with Gasteiger partial charge in [0.15, 0.2) is 0 Å². The lowest BCUT2D eigenvalue weighted by molar-refractivity contribution is -0.123. The van der Waals surface area contributed by atoms with Crippen molar-refractivity contribution in [1.82, 2.24) is 30.2 Å². The van der Waals surface area contributed by atoms with E-state index in [0.717, 1.165) is 22.0 Å². The summed E-state index contributed by atoms with van der Waals surface area (Å²) >= 11 is 0. The Labute approximate surface area is 221 Å². The highest BCUT2D eigenvalue weighted by Crippen LogP contribution is 2.47. The highest BCUT2D eigenvalue weighted by Gasteiger charge is 2.59. The molecule has 0 bridgehead atoms. The summed E-state index contributed by atoms with van der Waals surface area (Å²) in [7, 11) is 1.80. The van der Waals surface area contributed by atoms with Gasteiger partial charge in [-0.3, -0.25) is 19.3 Å². The van der Waals surface area contributed by atoms with Crippen molar-refractivity contribution < 1.29 is 9.59 Å². The molecule has 1 spiro atoms. The van der Waals surface area contributed by atoms with E-state index < -0.39 is 5.41 Å². The summed E-state index contributed by atoms with van der Waals surface area (Å²) in [6.07, 6.45) is 5.41. The van der Waals surface area contributed by atoms with Crippen molar-refractivity contribution in [2.75, 3.05) is 24.5 Å². The van der Waals surface area contributed by atoms with Crippen LogP contribution >= 0.6 is 0 Å². The second kappa shape index (κ2) is 9.33. The first-order valence-corrected chi connectivity index (χ1v) is 13.0. The van der Waals surface area contributed by atoms with Gasteiger partial charge in [0.1, 0.15) is 5.69 Å². The molecule has 4 aromatic rings. The Morgan fingerprint density at radius 1 is 1.08 bits per heavy atom. The maximum Gasteiger partial charge on any atom is 0.254 e. The molecule has 1 saturated heterocycles. The lowest BCUT2D eigenvalue weighted by atomic mass is 9.67. The predicted octanol–water partition coefficient (Wildman–Crippen LogP) is 2.92. The molecule has 6 rings (SSSR count). The zero-order valence-electron chi connectivity index (χ0n) is 21.8. The average molecular weight is 510 g/mol. The molecule has 9 heteroatoms. The number of benzene rings is 2. The molecule has 2 unspecified atom stereocenters. The normalized spacial score (nSPS) is 21.2. The van der Waals surface area contributed by atoms with Gasteiger partial charge in [-0.05, 0) is 11.6 Å². The van der Waals surface area contributed by atoms with Crippen LogP contribution in [0, 0.1) is 5.92 Å². The van der Waals surface area contributed by atoms with Gasteiger partial charge in [0.25, 0.3) is 5.91 Å². The molecule has 2 aliphatic heterocycles. The molecule has 0 aliphatic carbocycles. The number of hydrogen-bond acceptors (Lipinski definition) is 6. The van der Waals surface area contributed by atoms with Crippen LogP contribution in [-0.4, -0.2) is 62.4 Å². The van der Waals surface area contributed by atoms with Crippen molar-refractivity contribution in [2.45, 2.75) is 31.8 Å². The van der Waals surface area contributed by atoms with Gasteiger partial charge >= 0.3 is 0 Å². The number of carbonyl (C=O) groups excluding carboxylic acids is 2. The molecule has 1 N–H and O–H groups in total. The topological polar surface area (TPSA) is 96.2 Å². The second-order valence-electron chi connectivity index (χ2n) is 10.6. The molecule has 2 aromatic heterocycles. The number of aromatic nitrogens is 4. The van der Waals surface area contributed by atoms with Crippen molar-refractivity contribution in [1.29, 1.82) is 0 Å². The Bertz CT molecular complexity index is 1520. The number of hydrogen-bond donors (Lipinski definition) is 1. The second-order valence-corrected chi connectivity index (χ2v) is 10.6. The molecule has 38 heavy (non-hydrogen) atoms. The van der Waals surface area contributed by atoms with Gasteiger partial charge in [-0.2, -0.15) is 0 Å². The van der Waals surface area contributed by atoms with Gasteiger partial charge < -0.3 is 15.1 Å². The zero-order chi connectivity index (χ0) is 26.4. The monoisotopic (exact) mass is 509 g/mol. The summed E-state index contributed by atoms with van der Waals surface area (Å²) in [5, 5.41) is 13.8. The molecular formula is C29H31N7O2. The van der Waals surface area contributed by atoms with E-state index in [0.29, 0.717) is 24.3 Å². The lowest BCUT2D eigenvalue weighted by Gasteiger charge is -2.43. The first-order chi connectivity index (χ1) is 18.4. The summed E-state index contributed by atoms with van der Waals surface area (Å²) in [6, 6.07) is 15.8. The highest BCUT2D eigenvalue weighted by atomic mass is 16.2. The number of nitrogens with one attached hydrogen (secondary N) is 1. The van der Waals surface area contributed by atoms with Gasteiger partial charge in [0.05, 0.1) is 23.8 Å². The highest BCUT2D eigenvalue weighted by molar-refractivity contribution is 6.12. The number of amides is 2. The van der Waals surface area contributed by atoms with Crippen molar-refractivity contribution in [3.8, 4) is 0 Å². The minimum absolute atomic E-state index is 0.00435. The SMILES string of the molecule is CC(C)NCC1CN(c2cncc3ccccc23)C(=O)C12CN(Cc1cn(C)nn1)C(=O)c1ccccc12. The van der Waals surface area contributed by atoms with Crippen LogP contribution in [0.2, 0.25) is 0 Å². The van der Waals surface area contributed by atoms with Crippen molar-refractivity contribution in [3.63, 3.8) is 0 Å². The van der Waals surface area contributed by atoms with Gasteiger partial charge in [0, 0.05) is 67.4 Å². The molecule has 1 fully saturated rings. The Balaban J connectivity index is 1.49. The zero-order valence-corrected chi connectivity index (χ0v) is 21.8. The summed E-state index contributed by atoms with van der Waals surface area (Å²) < 4.78 is 1.62. The van der Waals surface area contributed by atoms with Crippen LogP contribution in [0.25, 0.3) is 10.8 Å². The Morgan fingerprint density at radius 3 is 2.66 bits per heavy atom. The van der Waals surface area contributed by atoms with E-state index >= 15 is 0 Å².